The van der Waals surface area contributed by atoms with Crippen molar-refractivity contribution in [2.45, 2.75) is 31.9 Å². The van der Waals surface area contributed by atoms with Crippen LogP contribution in [0.4, 0.5) is 0 Å². The molecule has 0 saturated heterocycles. The van der Waals surface area contributed by atoms with Gasteiger partial charge in [-0.3, -0.25) is 4.79 Å². The maximum absolute atomic E-state index is 12.6. The largest absolute Gasteiger partial charge is 0.497 e. The fourth-order valence-electron chi connectivity index (χ4n) is 3.82. The predicted molar refractivity (Wildman–Crippen MR) is 118 cm³/mol. The molecule has 6 nitrogen and oxygen atoms in total. The van der Waals surface area contributed by atoms with Crippen LogP contribution in [0.3, 0.4) is 0 Å². The minimum Gasteiger partial charge on any atom is -0.497 e. The zero-order valence-electron chi connectivity index (χ0n) is 17.0. The smallest absolute Gasteiger partial charge is 0.171 e. The van der Waals surface area contributed by atoms with Crippen molar-refractivity contribution < 1.29 is 19.0 Å². The normalized spacial score (nSPS) is 18.3. The van der Waals surface area contributed by atoms with E-state index in [0.717, 1.165) is 41.0 Å². The number of hydrogen-bond acceptors (Lipinski definition) is 5. The number of allylic oxidation sites excluding steroid dienone is 1. The van der Waals surface area contributed by atoms with Gasteiger partial charge in [0, 0.05) is 17.7 Å². The van der Waals surface area contributed by atoms with Crippen LogP contribution in [0.2, 0.25) is 0 Å². The quantitative estimate of drug-likeness (QED) is 0.684. The van der Waals surface area contributed by atoms with Gasteiger partial charge in [-0.15, -0.1) is 0 Å². The first-order chi connectivity index (χ1) is 14.6. The van der Waals surface area contributed by atoms with Gasteiger partial charge in [0.1, 0.15) is 12.4 Å². The second-order valence-corrected chi connectivity index (χ2v) is 7.66. The lowest BCUT2D eigenvalue weighted by Crippen LogP contribution is -2.46. The van der Waals surface area contributed by atoms with Gasteiger partial charge in [0.05, 0.1) is 20.3 Å². The highest BCUT2D eigenvalue weighted by Crippen LogP contribution is 2.37. The summed E-state index contributed by atoms with van der Waals surface area (Å²) in [5, 5.41) is 6.92. The molecule has 0 fully saturated rings. The van der Waals surface area contributed by atoms with Crippen molar-refractivity contribution in [3.63, 3.8) is 0 Å². The van der Waals surface area contributed by atoms with E-state index in [9.17, 15) is 4.79 Å². The van der Waals surface area contributed by atoms with Crippen LogP contribution in [0, 0.1) is 0 Å². The zero-order valence-corrected chi connectivity index (χ0v) is 17.8. The van der Waals surface area contributed by atoms with E-state index in [0.29, 0.717) is 29.6 Å². The van der Waals surface area contributed by atoms with Crippen molar-refractivity contribution in [1.29, 1.82) is 0 Å². The Morgan fingerprint density at radius 2 is 1.83 bits per heavy atom. The highest BCUT2D eigenvalue weighted by molar-refractivity contribution is 7.80. The number of ether oxygens (including phenoxy) is 3. The van der Waals surface area contributed by atoms with Crippen molar-refractivity contribution in [2.24, 2.45) is 0 Å². The van der Waals surface area contributed by atoms with Crippen molar-refractivity contribution in [1.82, 2.24) is 10.6 Å². The van der Waals surface area contributed by atoms with Crippen LogP contribution >= 0.6 is 12.2 Å². The molecule has 4 rings (SSSR count). The Balaban J connectivity index is 1.57. The molecule has 0 saturated carbocycles. The van der Waals surface area contributed by atoms with Crippen LogP contribution in [0.5, 0.6) is 17.2 Å². The Labute approximate surface area is 181 Å². The minimum absolute atomic E-state index is 0.155. The Morgan fingerprint density at radius 3 is 2.57 bits per heavy atom. The Bertz CT molecular complexity index is 1000. The number of Topliss-reactive ketones (excluding diaryl/α,β-unsaturated/α-hetero) is 1. The molecule has 1 aliphatic heterocycles. The molecule has 2 N–H and O–H groups in total. The molecule has 0 spiro atoms. The number of nitrogens with one attached hydrogen (secondary N) is 2. The molecule has 2 aromatic carbocycles. The first-order valence-electron chi connectivity index (χ1n) is 9.86. The third kappa shape index (κ3) is 4.11. The molecule has 1 heterocycles. The van der Waals surface area contributed by atoms with Crippen LogP contribution in [0.15, 0.2) is 53.7 Å². The molecule has 156 valence electrons. The average molecular weight is 425 g/mol. The van der Waals surface area contributed by atoms with E-state index in [-0.39, 0.29) is 11.8 Å². The van der Waals surface area contributed by atoms with E-state index >= 15 is 0 Å². The summed E-state index contributed by atoms with van der Waals surface area (Å²) in [5.41, 5.74) is 3.63. The number of methoxy groups -OCH3 is 2. The number of ketones is 1. The molecule has 1 unspecified atom stereocenters. The van der Waals surface area contributed by atoms with E-state index in [1.807, 2.05) is 42.5 Å². The monoisotopic (exact) mass is 424 g/mol. The third-order valence-electron chi connectivity index (χ3n) is 5.36. The molecule has 1 atom stereocenters. The summed E-state index contributed by atoms with van der Waals surface area (Å²) in [7, 11) is 3.25. The van der Waals surface area contributed by atoms with E-state index < -0.39 is 0 Å². The highest BCUT2D eigenvalue weighted by Gasteiger charge is 2.33. The van der Waals surface area contributed by atoms with Crippen LogP contribution in [0.25, 0.3) is 0 Å². The first-order valence-corrected chi connectivity index (χ1v) is 10.3. The lowest BCUT2D eigenvalue weighted by Gasteiger charge is -2.34. The van der Waals surface area contributed by atoms with E-state index in [1.165, 1.54) is 0 Å². The van der Waals surface area contributed by atoms with E-state index in [1.54, 1.807) is 14.2 Å². The molecule has 0 bridgehead atoms. The molecule has 30 heavy (non-hydrogen) atoms. The summed E-state index contributed by atoms with van der Waals surface area (Å²) in [4.78, 5) is 12.6. The zero-order chi connectivity index (χ0) is 21.1. The number of carbonyl (C=O) groups is 1. The lowest BCUT2D eigenvalue weighted by molar-refractivity contribution is -0.116. The Morgan fingerprint density at radius 1 is 1.03 bits per heavy atom. The van der Waals surface area contributed by atoms with Crippen LogP contribution in [-0.2, 0) is 11.4 Å². The Hall–Kier alpha value is -3.06. The number of rotatable bonds is 6. The second kappa shape index (κ2) is 8.75. The average Bonchev–Trinajstić information content (AvgIpc) is 2.77. The summed E-state index contributed by atoms with van der Waals surface area (Å²) < 4.78 is 16.7. The standard InChI is InChI=1S/C23H24N2O4S/c1-27-16-9-6-14(7-10-16)13-29-19-11-8-15(12-20(19)28-2)22-21-17(24-23(30)25-22)4-3-5-18(21)26/h6-12,22H,3-5,13H2,1-2H3,(H2,24,25,30). The number of thiocarbonyl (C=S) groups is 1. The van der Waals surface area contributed by atoms with Crippen LogP contribution in [0.1, 0.15) is 36.4 Å². The maximum atomic E-state index is 12.6. The van der Waals surface area contributed by atoms with Gasteiger partial charge in [-0.25, -0.2) is 0 Å². The van der Waals surface area contributed by atoms with Crippen molar-refractivity contribution >= 4 is 23.1 Å². The summed E-state index contributed by atoms with van der Waals surface area (Å²) in [6.45, 7) is 0.406. The second-order valence-electron chi connectivity index (χ2n) is 7.25. The topological polar surface area (TPSA) is 68.8 Å². The van der Waals surface area contributed by atoms with Gasteiger partial charge in [0.2, 0.25) is 0 Å². The Kier molecular flexibility index (Phi) is 5.90. The van der Waals surface area contributed by atoms with Gasteiger partial charge in [0.15, 0.2) is 22.4 Å². The predicted octanol–water partition coefficient (Wildman–Crippen LogP) is 3.81. The number of benzene rings is 2. The summed E-state index contributed by atoms with van der Waals surface area (Å²) >= 11 is 5.36. The molecule has 0 radical (unpaired) electrons. The van der Waals surface area contributed by atoms with Gasteiger partial charge in [-0.2, -0.15) is 0 Å². The molecular formula is C23H24N2O4S. The summed E-state index contributed by atoms with van der Waals surface area (Å²) in [6, 6.07) is 13.2. The van der Waals surface area contributed by atoms with Crippen LogP contribution in [-0.4, -0.2) is 25.1 Å². The maximum Gasteiger partial charge on any atom is 0.171 e. The van der Waals surface area contributed by atoms with E-state index in [2.05, 4.69) is 10.6 Å². The van der Waals surface area contributed by atoms with Gasteiger partial charge in [0.25, 0.3) is 0 Å². The molecule has 2 aromatic rings. The molecule has 0 aromatic heterocycles. The fraction of sp³-hybridized carbons (Fsp3) is 0.304. The number of carbonyl (C=O) groups excluding carboxylic acids is 1. The van der Waals surface area contributed by atoms with Gasteiger partial charge in [-0.05, 0) is 60.5 Å². The van der Waals surface area contributed by atoms with Crippen molar-refractivity contribution in [2.75, 3.05) is 14.2 Å². The number of hydrogen-bond donors (Lipinski definition) is 2. The van der Waals surface area contributed by atoms with Crippen molar-refractivity contribution in [3.8, 4) is 17.2 Å². The third-order valence-corrected chi connectivity index (χ3v) is 5.58. The minimum atomic E-state index is -0.286. The molecule has 2 aliphatic rings. The molecule has 7 heteroatoms. The fourth-order valence-corrected chi connectivity index (χ4v) is 4.06. The van der Waals surface area contributed by atoms with Crippen molar-refractivity contribution in [3.05, 3.63) is 64.9 Å². The van der Waals surface area contributed by atoms with E-state index in [4.69, 9.17) is 26.4 Å². The SMILES string of the molecule is COc1ccc(COc2ccc(C3NC(=S)NC4=C3C(=O)CCC4)cc2OC)cc1. The summed E-state index contributed by atoms with van der Waals surface area (Å²) in [6.07, 6.45) is 2.24. The molecule has 1 aliphatic carbocycles. The summed E-state index contributed by atoms with van der Waals surface area (Å²) in [5.74, 6) is 2.21. The first kappa shape index (κ1) is 20.2. The van der Waals surface area contributed by atoms with Gasteiger partial charge < -0.3 is 24.8 Å². The molecular weight excluding hydrogens is 400 g/mol. The highest BCUT2D eigenvalue weighted by atomic mass is 32.1. The lowest BCUT2D eigenvalue weighted by atomic mass is 9.85. The van der Waals surface area contributed by atoms with Gasteiger partial charge >= 0.3 is 0 Å². The van der Waals surface area contributed by atoms with Crippen LogP contribution < -0.4 is 24.8 Å². The van der Waals surface area contributed by atoms with Gasteiger partial charge in [-0.1, -0.05) is 18.2 Å². The molecule has 0 amide bonds.